The summed E-state index contributed by atoms with van der Waals surface area (Å²) in [5.74, 6) is -1.14. The Kier molecular flexibility index (Phi) is 4.32. The van der Waals surface area contributed by atoms with Crippen molar-refractivity contribution in [2.24, 2.45) is 0 Å². The Morgan fingerprint density at radius 1 is 1.38 bits per heavy atom. The lowest BCUT2D eigenvalue weighted by Crippen LogP contribution is -2.30. The van der Waals surface area contributed by atoms with Crippen LogP contribution in [-0.4, -0.2) is 23.1 Å². The molecule has 21 heavy (non-hydrogen) atoms. The number of hydrogen-bond acceptors (Lipinski definition) is 5. The molecule has 0 bridgehead atoms. The molecule has 1 amide bonds. The van der Waals surface area contributed by atoms with Gasteiger partial charge in [-0.25, -0.2) is 9.18 Å². The number of nitrogens with zero attached hydrogens (tertiary/aromatic N) is 1. The molecule has 0 aliphatic rings. The van der Waals surface area contributed by atoms with Gasteiger partial charge in [-0.15, -0.1) is 0 Å². The summed E-state index contributed by atoms with van der Waals surface area (Å²) in [4.78, 5) is 23.6. The fourth-order valence-corrected chi connectivity index (χ4v) is 1.55. The van der Waals surface area contributed by atoms with Crippen molar-refractivity contribution < 1.29 is 23.2 Å². The minimum Gasteiger partial charge on any atom is -0.449 e. The van der Waals surface area contributed by atoms with Gasteiger partial charge in [0, 0.05) is 6.07 Å². The number of esters is 1. The predicted octanol–water partition coefficient (Wildman–Crippen LogP) is 2.31. The fraction of sp³-hybridized carbons (Fsp3) is 0.214. The van der Waals surface area contributed by atoms with Gasteiger partial charge in [0.1, 0.15) is 11.6 Å². The van der Waals surface area contributed by atoms with Gasteiger partial charge in [0.2, 0.25) is 0 Å². The number of anilines is 1. The van der Waals surface area contributed by atoms with E-state index < -0.39 is 23.8 Å². The SMILES string of the molecule is Cc1cc(NC(=O)C(C)OC(=O)c2cccc(F)c2)no1. The van der Waals surface area contributed by atoms with Crippen molar-refractivity contribution in [1.82, 2.24) is 5.16 Å². The van der Waals surface area contributed by atoms with Crippen LogP contribution in [0.4, 0.5) is 10.2 Å². The fourth-order valence-electron chi connectivity index (χ4n) is 1.55. The van der Waals surface area contributed by atoms with E-state index in [9.17, 15) is 14.0 Å². The van der Waals surface area contributed by atoms with Crippen LogP contribution in [0.5, 0.6) is 0 Å². The van der Waals surface area contributed by atoms with E-state index in [0.29, 0.717) is 5.76 Å². The molecule has 2 aromatic rings. The zero-order chi connectivity index (χ0) is 15.4. The highest BCUT2D eigenvalue weighted by Gasteiger charge is 2.20. The molecule has 1 heterocycles. The normalized spacial score (nSPS) is 11.8. The van der Waals surface area contributed by atoms with Crippen molar-refractivity contribution in [3.05, 3.63) is 47.5 Å². The maximum atomic E-state index is 13.0. The van der Waals surface area contributed by atoms with Gasteiger partial charge < -0.3 is 14.6 Å². The van der Waals surface area contributed by atoms with Crippen LogP contribution in [0.25, 0.3) is 0 Å². The van der Waals surface area contributed by atoms with Gasteiger partial charge in [-0.2, -0.15) is 0 Å². The molecule has 0 aliphatic heterocycles. The second kappa shape index (κ2) is 6.17. The van der Waals surface area contributed by atoms with E-state index in [0.717, 1.165) is 6.07 Å². The quantitative estimate of drug-likeness (QED) is 0.874. The summed E-state index contributed by atoms with van der Waals surface area (Å²) in [5, 5.41) is 6.03. The number of ether oxygens (including phenoxy) is 1. The molecular formula is C14H13FN2O4. The molecule has 0 saturated heterocycles. The monoisotopic (exact) mass is 292 g/mol. The van der Waals surface area contributed by atoms with Crippen molar-refractivity contribution in [2.75, 3.05) is 5.32 Å². The molecule has 6 nitrogen and oxygen atoms in total. The van der Waals surface area contributed by atoms with Crippen LogP contribution in [0.2, 0.25) is 0 Å². The zero-order valence-electron chi connectivity index (χ0n) is 11.4. The number of hydrogen-bond donors (Lipinski definition) is 1. The highest BCUT2D eigenvalue weighted by Crippen LogP contribution is 2.10. The standard InChI is InChI=1S/C14H13FN2O4/c1-8-6-12(17-21-8)16-13(18)9(2)20-14(19)10-4-3-5-11(15)7-10/h3-7,9H,1-2H3,(H,16,17,18). The molecule has 0 saturated carbocycles. The van der Waals surface area contributed by atoms with Crippen molar-refractivity contribution >= 4 is 17.7 Å². The summed E-state index contributed by atoms with van der Waals surface area (Å²) in [6, 6.07) is 6.55. The molecule has 1 atom stereocenters. The van der Waals surface area contributed by atoms with Crippen molar-refractivity contribution in [2.45, 2.75) is 20.0 Å². The summed E-state index contributed by atoms with van der Waals surface area (Å²) >= 11 is 0. The molecule has 1 aromatic heterocycles. The average molecular weight is 292 g/mol. The van der Waals surface area contributed by atoms with Gasteiger partial charge in [0.15, 0.2) is 11.9 Å². The van der Waals surface area contributed by atoms with Crippen LogP contribution in [0.1, 0.15) is 23.0 Å². The first-order valence-corrected chi connectivity index (χ1v) is 6.16. The van der Waals surface area contributed by atoms with Crippen LogP contribution in [-0.2, 0) is 9.53 Å². The first-order valence-electron chi connectivity index (χ1n) is 6.16. The molecule has 110 valence electrons. The van der Waals surface area contributed by atoms with Crippen molar-refractivity contribution in [3.8, 4) is 0 Å². The number of aryl methyl sites for hydroxylation is 1. The molecule has 2 rings (SSSR count). The van der Waals surface area contributed by atoms with E-state index in [4.69, 9.17) is 9.26 Å². The van der Waals surface area contributed by atoms with Crippen LogP contribution in [0.15, 0.2) is 34.9 Å². The minimum absolute atomic E-state index is 0.0342. The molecule has 0 spiro atoms. The number of rotatable bonds is 4. The Bertz CT molecular complexity index is 668. The lowest BCUT2D eigenvalue weighted by molar-refractivity contribution is -0.123. The Hall–Kier alpha value is -2.70. The van der Waals surface area contributed by atoms with Crippen LogP contribution >= 0.6 is 0 Å². The predicted molar refractivity (Wildman–Crippen MR) is 71.1 cm³/mol. The lowest BCUT2D eigenvalue weighted by atomic mass is 10.2. The van der Waals surface area contributed by atoms with Crippen LogP contribution in [0.3, 0.4) is 0 Å². The number of benzene rings is 1. The highest BCUT2D eigenvalue weighted by molar-refractivity contribution is 5.96. The van der Waals surface area contributed by atoms with E-state index in [2.05, 4.69) is 10.5 Å². The third-order valence-corrected chi connectivity index (χ3v) is 2.59. The van der Waals surface area contributed by atoms with Crippen molar-refractivity contribution in [1.29, 1.82) is 0 Å². The van der Waals surface area contributed by atoms with E-state index in [1.54, 1.807) is 6.92 Å². The number of carbonyl (C=O) groups excluding carboxylic acids is 2. The molecular weight excluding hydrogens is 279 g/mol. The highest BCUT2D eigenvalue weighted by atomic mass is 19.1. The number of carbonyl (C=O) groups is 2. The topological polar surface area (TPSA) is 81.4 Å². The largest absolute Gasteiger partial charge is 0.449 e. The van der Waals surface area contributed by atoms with Gasteiger partial charge in [0.25, 0.3) is 5.91 Å². The van der Waals surface area contributed by atoms with Crippen LogP contribution < -0.4 is 5.32 Å². The summed E-state index contributed by atoms with van der Waals surface area (Å²) in [6.07, 6.45) is -1.06. The molecule has 1 aromatic carbocycles. The van der Waals surface area contributed by atoms with E-state index in [1.807, 2.05) is 0 Å². The third-order valence-electron chi connectivity index (χ3n) is 2.59. The first kappa shape index (κ1) is 14.7. The Morgan fingerprint density at radius 3 is 2.76 bits per heavy atom. The molecule has 0 radical (unpaired) electrons. The lowest BCUT2D eigenvalue weighted by Gasteiger charge is -2.12. The molecule has 7 heteroatoms. The summed E-state index contributed by atoms with van der Waals surface area (Å²) in [6.45, 7) is 3.08. The van der Waals surface area contributed by atoms with E-state index in [-0.39, 0.29) is 11.4 Å². The van der Waals surface area contributed by atoms with Gasteiger partial charge in [-0.05, 0) is 32.0 Å². The summed E-state index contributed by atoms with van der Waals surface area (Å²) in [7, 11) is 0. The van der Waals surface area contributed by atoms with E-state index >= 15 is 0 Å². The maximum Gasteiger partial charge on any atom is 0.339 e. The van der Waals surface area contributed by atoms with Gasteiger partial charge >= 0.3 is 5.97 Å². The second-order valence-corrected chi connectivity index (χ2v) is 4.37. The summed E-state index contributed by atoms with van der Waals surface area (Å²) in [5.41, 5.74) is 0.0342. The second-order valence-electron chi connectivity index (χ2n) is 4.37. The average Bonchev–Trinajstić information content (AvgIpc) is 2.84. The molecule has 0 aliphatic carbocycles. The van der Waals surface area contributed by atoms with Gasteiger partial charge in [-0.3, -0.25) is 4.79 Å². The maximum absolute atomic E-state index is 13.0. The molecule has 1 N–H and O–H groups in total. The van der Waals surface area contributed by atoms with Crippen LogP contribution in [0, 0.1) is 12.7 Å². The Balaban J connectivity index is 1.95. The number of halogens is 1. The minimum atomic E-state index is -1.06. The van der Waals surface area contributed by atoms with E-state index in [1.165, 1.54) is 31.2 Å². The smallest absolute Gasteiger partial charge is 0.339 e. The zero-order valence-corrected chi connectivity index (χ0v) is 11.4. The molecule has 1 unspecified atom stereocenters. The number of amides is 1. The molecule has 0 fully saturated rings. The Morgan fingerprint density at radius 2 is 2.14 bits per heavy atom. The van der Waals surface area contributed by atoms with Gasteiger partial charge in [-0.1, -0.05) is 11.2 Å². The third kappa shape index (κ3) is 3.88. The number of nitrogens with one attached hydrogen (secondary N) is 1. The Labute approximate surface area is 119 Å². The van der Waals surface area contributed by atoms with Gasteiger partial charge in [0.05, 0.1) is 5.56 Å². The first-order chi connectivity index (χ1) is 9.95. The van der Waals surface area contributed by atoms with Crippen molar-refractivity contribution in [3.63, 3.8) is 0 Å². The number of aromatic nitrogens is 1. The summed E-state index contributed by atoms with van der Waals surface area (Å²) < 4.78 is 22.8.